The maximum absolute atomic E-state index is 12.9. The van der Waals surface area contributed by atoms with E-state index in [1.807, 2.05) is 24.3 Å². The van der Waals surface area contributed by atoms with Crippen molar-refractivity contribution in [3.8, 4) is 0 Å². The minimum Gasteiger partial charge on any atom is -0.472 e. The number of carbonyl (C=O) groups is 2. The Morgan fingerprint density at radius 3 is 2.93 bits per heavy atom. The highest BCUT2D eigenvalue weighted by molar-refractivity contribution is 7.15. The first-order chi connectivity index (χ1) is 13.7. The molecule has 4 heterocycles. The predicted molar refractivity (Wildman–Crippen MR) is 103 cm³/mol. The third-order valence-electron chi connectivity index (χ3n) is 4.66. The number of nitrogens with zero attached hydrogens (tertiary/aromatic N) is 2. The monoisotopic (exact) mass is 393 g/mol. The van der Waals surface area contributed by atoms with Gasteiger partial charge in [0.25, 0.3) is 11.8 Å². The summed E-state index contributed by atoms with van der Waals surface area (Å²) in [7, 11) is 0. The summed E-state index contributed by atoms with van der Waals surface area (Å²) in [5.74, 6) is -0.0723. The summed E-state index contributed by atoms with van der Waals surface area (Å²) in [6.07, 6.45) is 3.47. The van der Waals surface area contributed by atoms with Gasteiger partial charge in [-0.2, -0.15) is 0 Å². The van der Waals surface area contributed by atoms with Gasteiger partial charge in [-0.3, -0.25) is 14.9 Å². The molecule has 0 fully saturated rings. The van der Waals surface area contributed by atoms with Crippen LogP contribution < -0.4 is 5.32 Å². The summed E-state index contributed by atoms with van der Waals surface area (Å²) in [5, 5.41) is 4.21. The first kappa shape index (κ1) is 16.8. The topological polar surface area (TPSA) is 88.6 Å². The molecule has 1 N–H and O–H groups in total. The molecule has 140 valence electrons. The van der Waals surface area contributed by atoms with E-state index >= 15 is 0 Å². The second kappa shape index (κ2) is 6.65. The van der Waals surface area contributed by atoms with Gasteiger partial charge in [0.2, 0.25) is 0 Å². The first-order valence-electron chi connectivity index (χ1n) is 8.77. The summed E-state index contributed by atoms with van der Waals surface area (Å²) in [4.78, 5) is 32.2. The second-order valence-corrected chi connectivity index (χ2v) is 7.56. The number of anilines is 1. The largest absolute Gasteiger partial charge is 0.472 e. The Balaban J connectivity index is 1.33. The van der Waals surface area contributed by atoms with Crippen LogP contribution in [0.3, 0.4) is 0 Å². The molecule has 0 bridgehead atoms. The molecule has 0 saturated heterocycles. The van der Waals surface area contributed by atoms with Gasteiger partial charge in [0.05, 0.1) is 24.1 Å². The zero-order valence-electron chi connectivity index (χ0n) is 14.7. The van der Waals surface area contributed by atoms with Gasteiger partial charge < -0.3 is 13.7 Å². The van der Waals surface area contributed by atoms with Crippen molar-refractivity contribution in [2.24, 2.45) is 0 Å². The zero-order chi connectivity index (χ0) is 19.1. The van der Waals surface area contributed by atoms with Crippen LogP contribution in [-0.4, -0.2) is 28.2 Å². The second-order valence-electron chi connectivity index (χ2n) is 6.48. The van der Waals surface area contributed by atoms with Crippen LogP contribution in [0.25, 0.3) is 11.0 Å². The molecule has 0 radical (unpaired) electrons. The van der Waals surface area contributed by atoms with Crippen molar-refractivity contribution in [2.75, 3.05) is 11.9 Å². The Morgan fingerprint density at radius 2 is 2.11 bits per heavy atom. The predicted octanol–water partition coefficient (Wildman–Crippen LogP) is 3.93. The van der Waals surface area contributed by atoms with E-state index in [1.165, 1.54) is 23.9 Å². The third kappa shape index (κ3) is 2.97. The van der Waals surface area contributed by atoms with Gasteiger partial charge in [-0.15, -0.1) is 0 Å². The Hall–Kier alpha value is -3.39. The van der Waals surface area contributed by atoms with Crippen molar-refractivity contribution in [3.63, 3.8) is 0 Å². The van der Waals surface area contributed by atoms with Gasteiger partial charge in [0.1, 0.15) is 11.8 Å². The summed E-state index contributed by atoms with van der Waals surface area (Å²) < 4.78 is 10.6. The smallest absolute Gasteiger partial charge is 0.289 e. The molecule has 3 aromatic heterocycles. The van der Waals surface area contributed by atoms with Crippen LogP contribution in [0.4, 0.5) is 5.13 Å². The van der Waals surface area contributed by atoms with E-state index in [9.17, 15) is 9.59 Å². The highest BCUT2D eigenvalue weighted by Gasteiger charge is 2.27. The summed E-state index contributed by atoms with van der Waals surface area (Å²) in [6, 6.07) is 10.9. The number of hydrogen-bond acceptors (Lipinski definition) is 6. The molecule has 4 aromatic rings. The van der Waals surface area contributed by atoms with Gasteiger partial charge in [-0.1, -0.05) is 29.5 Å². The Morgan fingerprint density at radius 1 is 1.21 bits per heavy atom. The number of carbonyl (C=O) groups excluding carboxylic acids is 2. The molecule has 8 heteroatoms. The molecule has 1 aliphatic rings. The number of thiazole rings is 1. The van der Waals surface area contributed by atoms with Crippen molar-refractivity contribution in [1.29, 1.82) is 0 Å². The van der Waals surface area contributed by atoms with Crippen molar-refractivity contribution in [1.82, 2.24) is 9.88 Å². The quantitative estimate of drug-likeness (QED) is 0.570. The van der Waals surface area contributed by atoms with Crippen LogP contribution in [-0.2, 0) is 13.0 Å². The highest BCUT2D eigenvalue weighted by atomic mass is 32.1. The molecule has 0 saturated carbocycles. The normalized spacial score (nSPS) is 13.5. The van der Waals surface area contributed by atoms with Gasteiger partial charge in [-0.25, -0.2) is 4.98 Å². The molecule has 2 amide bonds. The van der Waals surface area contributed by atoms with E-state index in [0.29, 0.717) is 41.5 Å². The lowest BCUT2D eigenvalue weighted by Gasteiger charge is -2.25. The van der Waals surface area contributed by atoms with Crippen LogP contribution in [0.2, 0.25) is 0 Å². The summed E-state index contributed by atoms with van der Waals surface area (Å²) >= 11 is 1.38. The van der Waals surface area contributed by atoms with Crippen LogP contribution in [0, 0.1) is 0 Å². The molecule has 1 aromatic carbocycles. The van der Waals surface area contributed by atoms with E-state index in [2.05, 4.69) is 10.3 Å². The van der Waals surface area contributed by atoms with Gasteiger partial charge in [-0.05, 0) is 18.2 Å². The number of para-hydroxylation sites is 1. The standard InChI is InChI=1S/C20H15N3O4S/c24-18(13-6-8-26-11-13)22-20-21-14-5-7-23(10-17(14)28-20)19(25)16-9-12-3-1-2-4-15(12)27-16/h1-4,6,8-9,11H,5,7,10H2,(H,21,22,24). The average Bonchev–Trinajstić information content (AvgIpc) is 3.44. The number of hydrogen-bond donors (Lipinski definition) is 1. The SMILES string of the molecule is O=C(Nc1nc2c(s1)CN(C(=O)c1cc3ccccc3o1)CC2)c1ccoc1. The van der Waals surface area contributed by atoms with E-state index < -0.39 is 0 Å². The lowest BCUT2D eigenvalue weighted by atomic mass is 10.1. The van der Waals surface area contributed by atoms with E-state index in [1.54, 1.807) is 17.0 Å². The summed E-state index contributed by atoms with van der Waals surface area (Å²) in [5.41, 5.74) is 2.06. The minimum absolute atomic E-state index is 0.140. The first-order valence-corrected chi connectivity index (χ1v) is 9.59. The molecular formula is C20H15N3O4S. The Labute approximate surface area is 163 Å². The Kier molecular flexibility index (Phi) is 3.98. The third-order valence-corrected chi connectivity index (χ3v) is 5.66. The lowest BCUT2D eigenvalue weighted by Crippen LogP contribution is -2.35. The maximum atomic E-state index is 12.9. The van der Waals surface area contributed by atoms with Gasteiger partial charge in [0, 0.05) is 23.2 Å². The number of aromatic nitrogens is 1. The van der Waals surface area contributed by atoms with Crippen LogP contribution in [0.15, 0.2) is 57.8 Å². The van der Waals surface area contributed by atoms with E-state index in [-0.39, 0.29) is 11.8 Å². The molecule has 1 aliphatic heterocycles. The van der Waals surface area contributed by atoms with Crippen molar-refractivity contribution >= 4 is 39.3 Å². The van der Waals surface area contributed by atoms with Crippen LogP contribution in [0.5, 0.6) is 0 Å². The molecular weight excluding hydrogens is 378 g/mol. The van der Waals surface area contributed by atoms with Crippen LogP contribution in [0.1, 0.15) is 31.5 Å². The summed E-state index contributed by atoms with van der Waals surface area (Å²) in [6.45, 7) is 1.01. The fourth-order valence-corrected chi connectivity index (χ4v) is 4.25. The average molecular weight is 393 g/mol. The molecule has 0 atom stereocenters. The van der Waals surface area contributed by atoms with E-state index in [4.69, 9.17) is 8.83 Å². The number of amides is 2. The Bertz CT molecular complexity index is 1140. The van der Waals surface area contributed by atoms with E-state index in [0.717, 1.165) is 16.0 Å². The van der Waals surface area contributed by atoms with Gasteiger partial charge >= 0.3 is 0 Å². The molecule has 0 unspecified atom stereocenters. The van der Waals surface area contributed by atoms with Crippen molar-refractivity contribution < 1.29 is 18.4 Å². The molecule has 0 spiro atoms. The highest BCUT2D eigenvalue weighted by Crippen LogP contribution is 2.30. The van der Waals surface area contributed by atoms with Gasteiger partial charge in [0.15, 0.2) is 10.9 Å². The van der Waals surface area contributed by atoms with Crippen molar-refractivity contribution in [3.05, 3.63) is 70.8 Å². The molecule has 7 nitrogen and oxygen atoms in total. The number of benzene rings is 1. The number of rotatable bonds is 3. The maximum Gasteiger partial charge on any atom is 0.289 e. The lowest BCUT2D eigenvalue weighted by molar-refractivity contribution is 0.0706. The zero-order valence-corrected chi connectivity index (χ0v) is 15.5. The van der Waals surface area contributed by atoms with Crippen molar-refractivity contribution in [2.45, 2.75) is 13.0 Å². The number of nitrogens with one attached hydrogen (secondary N) is 1. The van der Waals surface area contributed by atoms with Crippen LogP contribution >= 0.6 is 11.3 Å². The molecule has 5 rings (SSSR count). The molecule has 0 aliphatic carbocycles. The fraction of sp³-hybridized carbons (Fsp3) is 0.150. The number of fused-ring (bicyclic) bond motifs is 2. The number of furan rings is 2. The minimum atomic E-state index is -0.268. The fourth-order valence-electron chi connectivity index (χ4n) is 3.23. The molecule has 28 heavy (non-hydrogen) atoms.